The highest BCUT2D eigenvalue weighted by Gasteiger charge is 2.33. The van der Waals surface area contributed by atoms with E-state index in [9.17, 15) is 0 Å². The summed E-state index contributed by atoms with van der Waals surface area (Å²) in [5.41, 5.74) is 1.26. The summed E-state index contributed by atoms with van der Waals surface area (Å²) in [6, 6.07) is 7.95. The Morgan fingerprint density at radius 1 is 1.50 bits per heavy atom. The monoisotopic (exact) mass is 182 g/mol. The van der Waals surface area contributed by atoms with Gasteiger partial charge in [0.1, 0.15) is 0 Å². The van der Waals surface area contributed by atoms with E-state index in [0.717, 1.165) is 11.4 Å². The molecular weight excluding hydrogens is 172 g/mol. The quantitative estimate of drug-likeness (QED) is 0.641. The zero-order valence-corrected chi connectivity index (χ0v) is 7.71. The van der Waals surface area contributed by atoms with Crippen molar-refractivity contribution in [1.82, 2.24) is 0 Å². The smallest absolute Gasteiger partial charge is 0.0879 e. The van der Waals surface area contributed by atoms with E-state index in [-0.39, 0.29) is 0 Å². The summed E-state index contributed by atoms with van der Waals surface area (Å²) >= 11 is 5.84. The van der Waals surface area contributed by atoms with Crippen molar-refractivity contribution in [2.24, 2.45) is 0 Å². The van der Waals surface area contributed by atoms with Gasteiger partial charge in [0.2, 0.25) is 0 Å². The second-order valence-electron chi connectivity index (χ2n) is 3.21. The molecule has 2 atom stereocenters. The van der Waals surface area contributed by atoms with Crippen LogP contribution in [0.15, 0.2) is 24.3 Å². The van der Waals surface area contributed by atoms with Crippen molar-refractivity contribution < 1.29 is 4.74 Å². The van der Waals surface area contributed by atoms with Crippen molar-refractivity contribution in [3.05, 3.63) is 34.9 Å². The third kappa shape index (κ3) is 1.79. The normalized spacial score (nSPS) is 27.2. The molecule has 1 aliphatic rings. The lowest BCUT2D eigenvalue weighted by Crippen LogP contribution is -1.95. The van der Waals surface area contributed by atoms with Gasteiger partial charge in [0.15, 0.2) is 0 Å². The molecule has 0 amide bonds. The third-order valence-electron chi connectivity index (χ3n) is 2.16. The molecule has 1 aromatic carbocycles. The molecule has 1 fully saturated rings. The highest BCUT2D eigenvalue weighted by Crippen LogP contribution is 2.25. The van der Waals surface area contributed by atoms with E-state index in [1.807, 2.05) is 18.2 Å². The third-order valence-corrected chi connectivity index (χ3v) is 2.40. The molecule has 1 heterocycles. The van der Waals surface area contributed by atoms with Gasteiger partial charge in [-0.25, -0.2) is 0 Å². The van der Waals surface area contributed by atoms with Crippen LogP contribution in [0.25, 0.3) is 0 Å². The van der Waals surface area contributed by atoms with Crippen LogP contribution >= 0.6 is 11.6 Å². The SMILES string of the molecule is CC1OC1Cc1cccc(Cl)c1. The second-order valence-corrected chi connectivity index (χ2v) is 3.65. The lowest BCUT2D eigenvalue weighted by molar-refractivity contribution is 0.378. The van der Waals surface area contributed by atoms with Crippen LogP contribution in [0, 0.1) is 0 Å². The number of rotatable bonds is 2. The average Bonchev–Trinajstić information content (AvgIpc) is 2.66. The van der Waals surface area contributed by atoms with Gasteiger partial charge in [-0.2, -0.15) is 0 Å². The Balaban J connectivity index is 2.03. The Labute approximate surface area is 77.3 Å². The van der Waals surface area contributed by atoms with Gasteiger partial charge in [-0.3, -0.25) is 0 Å². The lowest BCUT2D eigenvalue weighted by atomic mass is 10.1. The minimum absolute atomic E-state index is 0.420. The molecular formula is C10H11ClO. The van der Waals surface area contributed by atoms with Gasteiger partial charge in [0, 0.05) is 11.4 Å². The molecule has 2 rings (SSSR count). The van der Waals surface area contributed by atoms with Crippen LogP contribution in [0.3, 0.4) is 0 Å². The van der Waals surface area contributed by atoms with Gasteiger partial charge >= 0.3 is 0 Å². The first-order valence-electron chi connectivity index (χ1n) is 4.15. The second kappa shape index (κ2) is 3.08. The molecule has 0 aliphatic carbocycles. The molecule has 0 N–H and O–H groups in total. The van der Waals surface area contributed by atoms with Gasteiger partial charge < -0.3 is 4.74 Å². The van der Waals surface area contributed by atoms with Crippen LogP contribution in [0.4, 0.5) is 0 Å². The Morgan fingerprint density at radius 3 is 2.83 bits per heavy atom. The van der Waals surface area contributed by atoms with Gasteiger partial charge in [0.25, 0.3) is 0 Å². The zero-order chi connectivity index (χ0) is 8.55. The van der Waals surface area contributed by atoms with Crippen LogP contribution in [0.1, 0.15) is 12.5 Å². The number of halogens is 1. The molecule has 1 saturated heterocycles. The highest BCUT2D eigenvalue weighted by molar-refractivity contribution is 6.30. The minimum atomic E-state index is 0.420. The predicted octanol–water partition coefficient (Wildman–Crippen LogP) is 2.67. The summed E-state index contributed by atoms with van der Waals surface area (Å²) in [5, 5.41) is 0.806. The van der Waals surface area contributed by atoms with Crippen molar-refractivity contribution in [2.75, 3.05) is 0 Å². The molecule has 12 heavy (non-hydrogen) atoms. The van der Waals surface area contributed by atoms with Crippen LogP contribution in [0.5, 0.6) is 0 Å². The van der Waals surface area contributed by atoms with Crippen molar-refractivity contribution in [3.63, 3.8) is 0 Å². The van der Waals surface area contributed by atoms with E-state index in [1.165, 1.54) is 5.56 Å². The van der Waals surface area contributed by atoms with Crippen LogP contribution in [0.2, 0.25) is 5.02 Å². The van der Waals surface area contributed by atoms with Gasteiger partial charge in [-0.05, 0) is 24.6 Å². The fourth-order valence-electron chi connectivity index (χ4n) is 1.34. The molecule has 1 aromatic rings. The summed E-state index contributed by atoms with van der Waals surface area (Å²) < 4.78 is 5.32. The Morgan fingerprint density at radius 2 is 2.25 bits per heavy atom. The van der Waals surface area contributed by atoms with Crippen molar-refractivity contribution in [1.29, 1.82) is 0 Å². The van der Waals surface area contributed by atoms with Crippen LogP contribution < -0.4 is 0 Å². The molecule has 0 bridgehead atoms. The Bertz CT molecular complexity index is 285. The first kappa shape index (κ1) is 8.09. The average molecular weight is 183 g/mol. The van der Waals surface area contributed by atoms with Gasteiger partial charge in [-0.15, -0.1) is 0 Å². The van der Waals surface area contributed by atoms with Crippen molar-refractivity contribution in [2.45, 2.75) is 25.6 Å². The molecule has 2 unspecified atom stereocenters. The summed E-state index contributed by atoms with van der Waals surface area (Å²) in [5.74, 6) is 0. The topological polar surface area (TPSA) is 12.5 Å². The summed E-state index contributed by atoms with van der Waals surface area (Å²) in [6.07, 6.45) is 1.84. The van der Waals surface area contributed by atoms with Crippen LogP contribution in [-0.4, -0.2) is 12.2 Å². The zero-order valence-electron chi connectivity index (χ0n) is 6.96. The van der Waals surface area contributed by atoms with E-state index in [1.54, 1.807) is 0 Å². The van der Waals surface area contributed by atoms with Crippen molar-refractivity contribution >= 4 is 11.6 Å². The van der Waals surface area contributed by atoms with Crippen LogP contribution in [-0.2, 0) is 11.2 Å². The number of hydrogen-bond acceptors (Lipinski definition) is 1. The van der Waals surface area contributed by atoms with E-state index in [0.29, 0.717) is 12.2 Å². The Kier molecular flexibility index (Phi) is 2.07. The maximum absolute atomic E-state index is 5.84. The standard InChI is InChI=1S/C10H11ClO/c1-7-10(12-7)6-8-3-2-4-9(11)5-8/h2-5,7,10H,6H2,1H3. The highest BCUT2D eigenvalue weighted by atomic mass is 35.5. The number of epoxide rings is 1. The molecule has 2 heteroatoms. The largest absolute Gasteiger partial charge is 0.370 e. The summed E-state index contributed by atoms with van der Waals surface area (Å²) in [7, 11) is 0. The van der Waals surface area contributed by atoms with E-state index in [4.69, 9.17) is 16.3 Å². The first-order chi connectivity index (χ1) is 5.75. The van der Waals surface area contributed by atoms with E-state index < -0.39 is 0 Å². The van der Waals surface area contributed by atoms with Gasteiger partial charge in [-0.1, -0.05) is 23.7 Å². The van der Waals surface area contributed by atoms with E-state index in [2.05, 4.69) is 13.0 Å². The molecule has 0 radical (unpaired) electrons. The Hall–Kier alpha value is -0.530. The fraction of sp³-hybridized carbons (Fsp3) is 0.400. The first-order valence-corrected chi connectivity index (χ1v) is 4.53. The van der Waals surface area contributed by atoms with E-state index >= 15 is 0 Å². The summed E-state index contributed by atoms with van der Waals surface area (Å²) in [4.78, 5) is 0. The van der Waals surface area contributed by atoms with Crippen molar-refractivity contribution in [3.8, 4) is 0 Å². The lowest BCUT2D eigenvalue weighted by Gasteiger charge is -1.97. The fourth-order valence-corrected chi connectivity index (χ4v) is 1.55. The maximum Gasteiger partial charge on any atom is 0.0879 e. The molecule has 1 nitrogen and oxygen atoms in total. The number of hydrogen-bond donors (Lipinski definition) is 0. The predicted molar refractivity (Wildman–Crippen MR) is 49.5 cm³/mol. The molecule has 0 spiro atoms. The molecule has 0 aromatic heterocycles. The van der Waals surface area contributed by atoms with Gasteiger partial charge in [0.05, 0.1) is 12.2 Å². The molecule has 64 valence electrons. The molecule has 0 saturated carbocycles. The number of ether oxygens (including phenoxy) is 1. The molecule has 1 aliphatic heterocycles. The number of benzene rings is 1. The maximum atomic E-state index is 5.84. The minimum Gasteiger partial charge on any atom is -0.370 e. The summed E-state index contributed by atoms with van der Waals surface area (Å²) in [6.45, 7) is 2.09.